The van der Waals surface area contributed by atoms with Gasteiger partial charge < -0.3 is 10.2 Å². The number of carbonyl (C=O) groups excluding carboxylic acids is 1. The highest BCUT2D eigenvalue weighted by molar-refractivity contribution is 9.10. The molecule has 2 N–H and O–H groups in total. The van der Waals surface area contributed by atoms with Crippen LogP contribution in [-0.2, 0) is 17.8 Å². The Morgan fingerprint density at radius 1 is 1.17 bits per heavy atom. The number of quaternary nitrogens is 1. The molecule has 1 aliphatic heterocycles. The summed E-state index contributed by atoms with van der Waals surface area (Å²) in [6, 6.07) is 16.6. The van der Waals surface area contributed by atoms with E-state index in [1.54, 1.807) is 0 Å². The van der Waals surface area contributed by atoms with Crippen LogP contribution in [0.1, 0.15) is 29.7 Å². The second-order valence-electron chi connectivity index (χ2n) is 6.18. The fraction of sp³-hybridized carbons (Fsp3) is 0.316. The van der Waals surface area contributed by atoms with Crippen molar-refractivity contribution in [1.82, 2.24) is 5.32 Å². The summed E-state index contributed by atoms with van der Waals surface area (Å²) in [4.78, 5) is 13.7. The standard InChI is InChI=1S/C19H21BrN2O/c1-14(17-8-4-5-9-18(17)20)21-19(23)13-22-11-10-15-6-2-3-7-16(15)12-22/h2-9,14H,10-13H2,1H3,(H,21,23)/p+1/t14-/m0/s1. The van der Waals surface area contributed by atoms with Crippen molar-refractivity contribution in [3.63, 3.8) is 0 Å². The third-order valence-corrected chi connectivity index (χ3v) is 5.19. The van der Waals surface area contributed by atoms with Crippen LogP contribution >= 0.6 is 15.9 Å². The summed E-state index contributed by atoms with van der Waals surface area (Å²) in [5, 5.41) is 3.12. The largest absolute Gasteiger partial charge is 0.345 e. The summed E-state index contributed by atoms with van der Waals surface area (Å²) in [7, 11) is 0. The lowest BCUT2D eigenvalue weighted by atomic mass is 10.00. The van der Waals surface area contributed by atoms with Crippen molar-refractivity contribution in [3.8, 4) is 0 Å². The molecule has 4 heteroatoms. The van der Waals surface area contributed by atoms with E-state index in [0.717, 1.165) is 29.5 Å². The van der Waals surface area contributed by atoms with E-state index in [1.807, 2.05) is 31.2 Å². The Balaban J connectivity index is 1.57. The van der Waals surface area contributed by atoms with E-state index in [1.165, 1.54) is 16.0 Å². The maximum absolute atomic E-state index is 12.4. The molecule has 3 nitrogen and oxygen atoms in total. The van der Waals surface area contributed by atoms with Gasteiger partial charge in [0.05, 0.1) is 12.6 Å². The Morgan fingerprint density at radius 3 is 2.65 bits per heavy atom. The minimum Gasteiger partial charge on any atom is -0.345 e. The Labute approximate surface area is 145 Å². The summed E-state index contributed by atoms with van der Waals surface area (Å²) >= 11 is 3.55. The van der Waals surface area contributed by atoms with Gasteiger partial charge in [0.15, 0.2) is 6.54 Å². The van der Waals surface area contributed by atoms with Gasteiger partial charge in [-0.1, -0.05) is 58.4 Å². The zero-order valence-electron chi connectivity index (χ0n) is 13.3. The molecule has 0 saturated carbocycles. The van der Waals surface area contributed by atoms with Crippen LogP contribution in [0.5, 0.6) is 0 Å². The molecule has 2 aromatic carbocycles. The van der Waals surface area contributed by atoms with Crippen molar-refractivity contribution in [1.29, 1.82) is 0 Å². The number of amides is 1. The number of fused-ring (bicyclic) bond motifs is 1. The lowest BCUT2D eigenvalue weighted by Gasteiger charge is -2.26. The molecule has 0 fully saturated rings. The van der Waals surface area contributed by atoms with Gasteiger partial charge in [0.25, 0.3) is 5.91 Å². The SMILES string of the molecule is C[C@H](NC(=O)C[NH+]1CCc2ccccc2C1)c1ccccc1Br. The van der Waals surface area contributed by atoms with E-state index in [0.29, 0.717) is 6.54 Å². The number of nitrogens with one attached hydrogen (secondary N) is 2. The van der Waals surface area contributed by atoms with Gasteiger partial charge in [0, 0.05) is 16.5 Å². The zero-order chi connectivity index (χ0) is 16.2. The average Bonchev–Trinajstić information content (AvgIpc) is 2.55. The summed E-state index contributed by atoms with van der Waals surface area (Å²) in [6.07, 6.45) is 1.05. The number of hydrogen-bond acceptors (Lipinski definition) is 1. The highest BCUT2D eigenvalue weighted by atomic mass is 79.9. The lowest BCUT2D eigenvalue weighted by molar-refractivity contribution is -0.908. The second kappa shape index (κ2) is 7.28. The molecule has 0 bridgehead atoms. The molecule has 3 rings (SSSR count). The van der Waals surface area contributed by atoms with E-state index < -0.39 is 0 Å². The van der Waals surface area contributed by atoms with Crippen LogP contribution in [-0.4, -0.2) is 19.0 Å². The molecule has 1 unspecified atom stereocenters. The van der Waals surface area contributed by atoms with Gasteiger partial charge >= 0.3 is 0 Å². The maximum atomic E-state index is 12.4. The fourth-order valence-corrected chi connectivity index (χ4v) is 3.85. The van der Waals surface area contributed by atoms with Crippen LogP contribution in [0.4, 0.5) is 0 Å². The van der Waals surface area contributed by atoms with E-state index in [-0.39, 0.29) is 11.9 Å². The molecular weight excluding hydrogens is 352 g/mol. The van der Waals surface area contributed by atoms with Gasteiger partial charge in [-0.15, -0.1) is 0 Å². The van der Waals surface area contributed by atoms with Gasteiger partial charge in [-0.2, -0.15) is 0 Å². The van der Waals surface area contributed by atoms with E-state index in [2.05, 4.69) is 45.5 Å². The summed E-state index contributed by atoms with van der Waals surface area (Å²) in [5.41, 5.74) is 3.92. The first-order chi connectivity index (χ1) is 11.1. The molecular formula is C19H22BrN2O+. The topological polar surface area (TPSA) is 33.5 Å². The minimum absolute atomic E-state index is 0.00884. The normalized spacial score (nSPS) is 18.1. The van der Waals surface area contributed by atoms with Gasteiger partial charge in [-0.05, 0) is 24.1 Å². The number of hydrogen-bond donors (Lipinski definition) is 2. The first kappa shape index (κ1) is 16.2. The number of rotatable bonds is 4. The summed E-state index contributed by atoms with van der Waals surface area (Å²) in [5.74, 6) is 0.114. The van der Waals surface area contributed by atoms with Crippen LogP contribution in [0.2, 0.25) is 0 Å². The highest BCUT2D eigenvalue weighted by Crippen LogP contribution is 2.22. The Bertz CT molecular complexity index is 701. The van der Waals surface area contributed by atoms with Crippen LogP contribution < -0.4 is 10.2 Å². The number of halogens is 1. The van der Waals surface area contributed by atoms with Crippen molar-refractivity contribution < 1.29 is 9.69 Å². The van der Waals surface area contributed by atoms with Crippen LogP contribution in [0, 0.1) is 0 Å². The third-order valence-electron chi connectivity index (χ3n) is 4.47. The molecule has 1 amide bonds. The first-order valence-electron chi connectivity index (χ1n) is 8.07. The molecule has 0 radical (unpaired) electrons. The van der Waals surface area contributed by atoms with Crippen molar-refractivity contribution in [2.75, 3.05) is 13.1 Å². The first-order valence-corrected chi connectivity index (χ1v) is 8.87. The molecule has 23 heavy (non-hydrogen) atoms. The van der Waals surface area contributed by atoms with E-state index >= 15 is 0 Å². The predicted octanol–water partition coefficient (Wildman–Crippen LogP) is 2.27. The van der Waals surface area contributed by atoms with Gasteiger partial charge in [-0.25, -0.2) is 0 Å². The number of benzene rings is 2. The smallest absolute Gasteiger partial charge is 0.275 e. The summed E-state index contributed by atoms with van der Waals surface area (Å²) in [6.45, 7) is 4.52. The molecule has 1 heterocycles. The van der Waals surface area contributed by atoms with Crippen molar-refractivity contribution in [3.05, 3.63) is 69.7 Å². The monoisotopic (exact) mass is 373 g/mol. The molecule has 0 saturated heterocycles. The van der Waals surface area contributed by atoms with Gasteiger partial charge in [-0.3, -0.25) is 4.79 Å². The second-order valence-corrected chi connectivity index (χ2v) is 7.04. The van der Waals surface area contributed by atoms with Crippen molar-refractivity contribution in [2.24, 2.45) is 0 Å². The van der Waals surface area contributed by atoms with Gasteiger partial charge in [0.2, 0.25) is 0 Å². The quantitative estimate of drug-likeness (QED) is 0.846. The van der Waals surface area contributed by atoms with E-state index in [4.69, 9.17) is 0 Å². The van der Waals surface area contributed by atoms with E-state index in [9.17, 15) is 4.79 Å². The molecule has 0 aliphatic carbocycles. The average molecular weight is 374 g/mol. The molecule has 0 spiro atoms. The van der Waals surface area contributed by atoms with Crippen LogP contribution in [0.25, 0.3) is 0 Å². The maximum Gasteiger partial charge on any atom is 0.275 e. The third kappa shape index (κ3) is 4.01. The molecule has 0 aromatic heterocycles. The minimum atomic E-state index is 0.00884. The molecule has 120 valence electrons. The van der Waals surface area contributed by atoms with Crippen LogP contribution in [0.15, 0.2) is 53.0 Å². The summed E-state index contributed by atoms with van der Waals surface area (Å²) < 4.78 is 1.03. The van der Waals surface area contributed by atoms with Gasteiger partial charge in [0.1, 0.15) is 6.54 Å². The van der Waals surface area contributed by atoms with Crippen LogP contribution in [0.3, 0.4) is 0 Å². The molecule has 2 atom stereocenters. The highest BCUT2D eigenvalue weighted by Gasteiger charge is 2.22. The fourth-order valence-electron chi connectivity index (χ4n) is 3.22. The predicted molar refractivity (Wildman–Crippen MR) is 95.2 cm³/mol. The van der Waals surface area contributed by atoms with Crippen molar-refractivity contribution >= 4 is 21.8 Å². The Hall–Kier alpha value is -1.65. The Morgan fingerprint density at radius 2 is 1.87 bits per heavy atom. The lowest BCUT2D eigenvalue weighted by Crippen LogP contribution is -3.12. The molecule has 1 aliphatic rings. The molecule has 2 aromatic rings. The number of carbonyl (C=O) groups is 1. The van der Waals surface area contributed by atoms with Crippen molar-refractivity contribution in [2.45, 2.75) is 25.9 Å². The Kier molecular flexibility index (Phi) is 5.13. The zero-order valence-corrected chi connectivity index (χ0v) is 14.9.